The molecule has 25 heavy (non-hydrogen) atoms. The smallest absolute Gasteiger partial charge is 0.238 e. The summed E-state index contributed by atoms with van der Waals surface area (Å²) in [6.07, 6.45) is 1.30. The Kier molecular flexibility index (Phi) is 4.62. The third-order valence-electron chi connectivity index (χ3n) is 4.54. The molecular weight excluding hydrogens is 343 g/mol. The van der Waals surface area contributed by atoms with Crippen LogP contribution in [-0.4, -0.2) is 14.3 Å². The lowest BCUT2D eigenvalue weighted by Crippen LogP contribution is -2.31. The second kappa shape index (κ2) is 6.57. The largest absolute Gasteiger partial charge is 0.349 e. The summed E-state index contributed by atoms with van der Waals surface area (Å²) in [6, 6.07) is 10.3. The van der Waals surface area contributed by atoms with Crippen LogP contribution in [0.15, 0.2) is 47.4 Å². The lowest BCUT2D eigenvalue weighted by Gasteiger charge is -2.18. The molecule has 1 aliphatic carbocycles. The summed E-state index contributed by atoms with van der Waals surface area (Å²) >= 11 is 0. The topological polar surface area (TPSA) is 89.3 Å². The first-order chi connectivity index (χ1) is 11.8. The van der Waals surface area contributed by atoms with Crippen LogP contribution in [0.5, 0.6) is 0 Å². The van der Waals surface area contributed by atoms with Gasteiger partial charge in [-0.15, -0.1) is 0 Å². The zero-order valence-corrected chi connectivity index (χ0v) is 14.5. The number of fused-ring (bicyclic) bond motifs is 1. The van der Waals surface area contributed by atoms with Crippen molar-refractivity contribution in [3.05, 3.63) is 65.0 Å². The summed E-state index contributed by atoms with van der Waals surface area (Å²) < 4.78 is 36.2. The maximum atomic E-state index is 13.3. The van der Waals surface area contributed by atoms with Crippen molar-refractivity contribution in [3.63, 3.8) is 0 Å². The van der Waals surface area contributed by atoms with Gasteiger partial charge in [0.05, 0.1) is 16.9 Å². The molecule has 0 radical (unpaired) electrons. The van der Waals surface area contributed by atoms with Crippen molar-refractivity contribution in [2.24, 2.45) is 5.14 Å². The lowest BCUT2D eigenvalue weighted by atomic mass is 9.99. The second-order valence-corrected chi connectivity index (χ2v) is 7.84. The predicted molar refractivity (Wildman–Crippen MR) is 91.8 cm³/mol. The van der Waals surface area contributed by atoms with Gasteiger partial charge in [-0.2, -0.15) is 0 Å². The fraction of sp³-hybridized carbons (Fsp3) is 0.278. The van der Waals surface area contributed by atoms with Gasteiger partial charge in [0.15, 0.2) is 0 Å². The highest BCUT2D eigenvalue weighted by Gasteiger charge is 2.29. The second-order valence-electron chi connectivity index (χ2n) is 6.28. The van der Waals surface area contributed by atoms with Crippen LogP contribution < -0.4 is 10.5 Å². The van der Waals surface area contributed by atoms with Crippen LogP contribution in [0.1, 0.15) is 42.0 Å². The van der Waals surface area contributed by atoms with Crippen LogP contribution in [0.2, 0.25) is 0 Å². The molecule has 0 aliphatic heterocycles. The van der Waals surface area contributed by atoms with Crippen molar-refractivity contribution in [2.45, 2.75) is 36.6 Å². The molecule has 3 rings (SSSR count). The molecule has 0 bridgehead atoms. The molecule has 1 aliphatic rings. The molecule has 0 aromatic heterocycles. The predicted octanol–water partition coefficient (Wildman–Crippen LogP) is 2.38. The number of hydrogen-bond donors (Lipinski definition) is 2. The highest BCUT2D eigenvalue weighted by Crippen LogP contribution is 2.34. The Hall–Kier alpha value is -2.25. The zero-order chi connectivity index (χ0) is 18.2. The first-order valence-electron chi connectivity index (χ1n) is 7.97. The normalized spacial score (nSPS) is 17.8. The Labute approximate surface area is 146 Å². The monoisotopic (exact) mass is 362 g/mol. The van der Waals surface area contributed by atoms with Crippen molar-refractivity contribution in [1.82, 2.24) is 5.32 Å². The highest BCUT2D eigenvalue weighted by molar-refractivity contribution is 7.89. The van der Waals surface area contributed by atoms with E-state index in [0.29, 0.717) is 18.4 Å². The first kappa shape index (κ1) is 17.6. The fourth-order valence-corrected chi connectivity index (χ4v) is 3.79. The molecule has 2 aromatic carbocycles. The molecular formula is C18H19FN2O3S. The van der Waals surface area contributed by atoms with E-state index in [1.54, 1.807) is 25.1 Å². The van der Waals surface area contributed by atoms with Gasteiger partial charge in [-0.25, -0.2) is 17.9 Å². The molecule has 0 saturated carbocycles. The van der Waals surface area contributed by atoms with Gasteiger partial charge in [-0.1, -0.05) is 18.2 Å². The van der Waals surface area contributed by atoms with E-state index >= 15 is 0 Å². The number of nitrogens with one attached hydrogen (secondary N) is 1. The minimum absolute atomic E-state index is 0.00721. The number of nitrogens with two attached hydrogens (primary N) is 1. The summed E-state index contributed by atoms with van der Waals surface area (Å²) in [5.74, 6) is -0.772. The standard InChI is InChI=1S/C18H19FN2O3S/c1-11(12-3-2-4-15(10-12)25(20,23)24)21-18(22)17-7-5-13-9-14(19)6-8-16(13)17/h2-4,6,8-11,17H,5,7H2,1H3,(H,21,22)(H2,20,23,24). The van der Waals surface area contributed by atoms with Crippen molar-refractivity contribution in [2.75, 3.05) is 0 Å². The van der Waals surface area contributed by atoms with Crippen molar-refractivity contribution < 1.29 is 17.6 Å². The maximum absolute atomic E-state index is 13.3. The molecule has 132 valence electrons. The van der Waals surface area contributed by atoms with Gasteiger partial charge >= 0.3 is 0 Å². The van der Waals surface area contributed by atoms with Gasteiger partial charge in [0.1, 0.15) is 5.82 Å². The van der Waals surface area contributed by atoms with E-state index in [1.807, 2.05) is 0 Å². The number of halogens is 1. The van der Waals surface area contributed by atoms with Gasteiger partial charge in [0.2, 0.25) is 15.9 Å². The van der Waals surface area contributed by atoms with E-state index in [2.05, 4.69) is 5.32 Å². The molecule has 0 spiro atoms. The number of hydrogen-bond acceptors (Lipinski definition) is 3. The molecule has 2 unspecified atom stereocenters. The molecule has 1 amide bonds. The third kappa shape index (κ3) is 3.72. The Morgan fingerprint density at radius 3 is 2.76 bits per heavy atom. The molecule has 3 N–H and O–H groups in total. The molecule has 2 atom stereocenters. The van der Waals surface area contributed by atoms with Gasteiger partial charge in [0, 0.05) is 0 Å². The summed E-state index contributed by atoms with van der Waals surface area (Å²) in [4.78, 5) is 12.6. The molecule has 0 saturated heterocycles. The number of carbonyl (C=O) groups excluding carboxylic acids is 1. The average molecular weight is 362 g/mol. The van der Waals surface area contributed by atoms with Crippen molar-refractivity contribution >= 4 is 15.9 Å². The van der Waals surface area contributed by atoms with Crippen LogP contribution >= 0.6 is 0 Å². The Morgan fingerprint density at radius 1 is 1.28 bits per heavy atom. The Morgan fingerprint density at radius 2 is 2.04 bits per heavy atom. The summed E-state index contributed by atoms with van der Waals surface area (Å²) in [5.41, 5.74) is 2.37. The number of primary sulfonamides is 1. The molecule has 5 nitrogen and oxygen atoms in total. The number of rotatable bonds is 4. The molecule has 0 heterocycles. The molecule has 0 fully saturated rings. The van der Waals surface area contributed by atoms with E-state index in [-0.39, 0.29) is 28.6 Å². The quantitative estimate of drug-likeness (QED) is 0.875. The van der Waals surface area contributed by atoms with Crippen molar-refractivity contribution in [1.29, 1.82) is 0 Å². The van der Waals surface area contributed by atoms with Gasteiger partial charge in [-0.3, -0.25) is 4.79 Å². The van der Waals surface area contributed by atoms with Crippen LogP contribution in [0.25, 0.3) is 0 Å². The summed E-state index contributed by atoms with van der Waals surface area (Å²) in [6.45, 7) is 1.78. The minimum Gasteiger partial charge on any atom is -0.349 e. The maximum Gasteiger partial charge on any atom is 0.238 e. The number of sulfonamides is 1. The lowest BCUT2D eigenvalue weighted by molar-refractivity contribution is -0.123. The highest BCUT2D eigenvalue weighted by atomic mass is 32.2. The fourth-order valence-electron chi connectivity index (χ4n) is 3.22. The number of aryl methyl sites for hydroxylation is 1. The van der Waals surface area contributed by atoms with Gasteiger partial charge in [-0.05, 0) is 60.7 Å². The first-order valence-corrected chi connectivity index (χ1v) is 9.52. The van der Waals surface area contributed by atoms with Crippen LogP contribution in [0.4, 0.5) is 4.39 Å². The zero-order valence-electron chi connectivity index (χ0n) is 13.7. The summed E-state index contributed by atoms with van der Waals surface area (Å²) in [7, 11) is -3.80. The average Bonchev–Trinajstić information content (AvgIpc) is 2.97. The van der Waals surface area contributed by atoms with Crippen molar-refractivity contribution in [3.8, 4) is 0 Å². The van der Waals surface area contributed by atoms with E-state index in [9.17, 15) is 17.6 Å². The van der Waals surface area contributed by atoms with E-state index in [0.717, 1.165) is 11.1 Å². The Bertz CT molecular complexity index is 928. The Balaban J connectivity index is 1.76. The van der Waals surface area contributed by atoms with Gasteiger partial charge < -0.3 is 5.32 Å². The molecule has 2 aromatic rings. The van der Waals surface area contributed by atoms with E-state index in [4.69, 9.17) is 5.14 Å². The van der Waals surface area contributed by atoms with Crippen LogP contribution in [-0.2, 0) is 21.2 Å². The summed E-state index contributed by atoms with van der Waals surface area (Å²) in [5, 5.41) is 8.05. The number of carbonyl (C=O) groups is 1. The van der Waals surface area contributed by atoms with Crippen LogP contribution in [0, 0.1) is 5.82 Å². The third-order valence-corrected chi connectivity index (χ3v) is 5.46. The molecule has 7 heteroatoms. The van der Waals surface area contributed by atoms with E-state index < -0.39 is 10.0 Å². The number of benzene rings is 2. The number of amides is 1. The van der Waals surface area contributed by atoms with Crippen LogP contribution in [0.3, 0.4) is 0 Å². The minimum atomic E-state index is -3.80. The van der Waals surface area contributed by atoms with Gasteiger partial charge in [0.25, 0.3) is 0 Å². The van der Waals surface area contributed by atoms with E-state index in [1.165, 1.54) is 24.3 Å². The SMILES string of the molecule is CC(NC(=O)C1CCc2cc(F)ccc21)c1cccc(S(N)(=O)=O)c1.